The lowest BCUT2D eigenvalue weighted by atomic mass is 10.2. The van der Waals surface area contributed by atoms with Crippen LogP contribution in [0.25, 0.3) is 0 Å². The molecule has 0 aliphatic heterocycles. The predicted molar refractivity (Wildman–Crippen MR) is 56.0 cm³/mol. The van der Waals surface area contributed by atoms with Crippen molar-refractivity contribution in [3.8, 4) is 0 Å². The van der Waals surface area contributed by atoms with Crippen LogP contribution in [0.15, 0.2) is 22.7 Å². The molecule has 0 atom stereocenters. The second-order valence-electron chi connectivity index (χ2n) is 2.43. The fourth-order valence-corrected chi connectivity index (χ4v) is 0.996. The van der Waals surface area contributed by atoms with Crippen LogP contribution in [0.5, 0.6) is 0 Å². The predicted octanol–water partition coefficient (Wildman–Crippen LogP) is 2.12. The van der Waals surface area contributed by atoms with Gasteiger partial charge in [-0.15, -0.1) is 0 Å². The molecule has 0 saturated heterocycles. The molecule has 0 heterocycles. The fraction of sp³-hybridized carbons (Fsp3) is 0.222. The van der Waals surface area contributed by atoms with E-state index in [1.807, 2.05) is 14.1 Å². The Balaban J connectivity index is 0.000000500. The molecule has 0 fully saturated rings. The van der Waals surface area contributed by atoms with Gasteiger partial charge in [0.1, 0.15) is 5.82 Å². The summed E-state index contributed by atoms with van der Waals surface area (Å²) in [7, 11) is 3.75. The van der Waals surface area contributed by atoms with E-state index in [1.54, 1.807) is 0 Å². The molecule has 0 bridgehead atoms. The van der Waals surface area contributed by atoms with E-state index in [-0.39, 0.29) is 5.56 Å². The molecule has 5 heteroatoms. The molecule has 1 rings (SSSR count). The van der Waals surface area contributed by atoms with Crippen molar-refractivity contribution in [3.05, 3.63) is 34.1 Å². The molecular formula is C9H11BrFNO2. The second kappa shape index (κ2) is 6.50. The minimum absolute atomic E-state index is 0.312. The smallest absolute Gasteiger partial charge is 0.338 e. The van der Waals surface area contributed by atoms with Crippen LogP contribution >= 0.6 is 15.9 Å². The minimum atomic E-state index is -1.25. The summed E-state index contributed by atoms with van der Waals surface area (Å²) >= 11 is 3.01. The van der Waals surface area contributed by atoms with Gasteiger partial charge in [-0.05, 0) is 32.3 Å². The lowest BCUT2D eigenvalue weighted by molar-refractivity contribution is 0.0692. The highest BCUT2D eigenvalue weighted by atomic mass is 79.9. The number of rotatable bonds is 1. The van der Waals surface area contributed by atoms with Crippen molar-refractivity contribution in [1.82, 2.24) is 5.32 Å². The highest BCUT2D eigenvalue weighted by Crippen LogP contribution is 2.14. The van der Waals surface area contributed by atoms with Crippen molar-refractivity contribution < 1.29 is 14.3 Å². The lowest BCUT2D eigenvalue weighted by Crippen LogP contribution is -1.99. The van der Waals surface area contributed by atoms with Gasteiger partial charge in [0.2, 0.25) is 0 Å². The molecule has 0 aromatic heterocycles. The maximum absolute atomic E-state index is 12.7. The monoisotopic (exact) mass is 263 g/mol. The van der Waals surface area contributed by atoms with Gasteiger partial charge in [0.25, 0.3) is 0 Å². The number of benzene rings is 1. The molecule has 0 aliphatic rings. The summed E-state index contributed by atoms with van der Waals surface area (Å²) in [5.41, 5.74) is -0.312. The molecule has 1 aromatic rings. The average molecular weight is 264 g/mol. The Kier molecular flexibility index (Phi) is 6.07. The van der Waals surface area contributed by atoms with Gasteiger partial charge >= 0.3 is 5.97 Å². The zero-order valence-corrected chi connectivity index (χ0v) is 9.43. The first kappa shape index (κ1) is 13.1. The maximum Gasteiger partial charge on any atom is 0.338 e. The summed E-state index contributed by atoms with van der Waals surface area (Å²) in [5, 5.41) is 11.2. The minimum Gasteiger partial charge on any atom is -0.478 e. The van der Waals surface area contributed by atoms with E-state index in [1.165, 1.54) is 12.1 Å². The van der Waals surface area contributed by atoms with Gasteiger partial charge < -0.3 is 10.4 Å². The molecule has 14 heavy (non-hydrogen) atoms. The third kappa shape index (κ3) is 4.34. The van der Waals surface area contributed by atoms with Crippen molar-refractivity contribution in [2.24, 2.45) is 0 Å². The van der Waals surface area contributed by atoms with Crippen molar-refractivity contribution in [2.75, 3.05) is 14.1 Å². The highest BCUT2D eigenvalue weighted by molar-refractivity contribution is 9.10. The average Bonchev–Trinajstić information content (AvgIpc) is 2.04. The van der Waals surface area contributed by atoms with Gasteiger partial charge in [-0.2, -0.15) is 0 Å². The van der Waals surface area contributed by atoms with Crippen molar-refractivity contribution in [2.45, 2.75) is 0 Å². The Morgan fingerprint density at radius 1 is 1.50 bits per heavy atom. The SMILES string of the molecule is CNC.O=C(O)c1ccc(Br)cc1F. The highest BCUT2D eigenvalue weighted by Gasteiger charge is 2.08. The van der Waals surface area contributed by atoms with E-state index in [2.05, 4.69) is 21.2 Å². The summed E-state index contributed by atoms with van der Waals surface area (Å²) in [5.74, 6) is -1.98. The Hall–Kier alpha value is -0.940. The third-order valence-corrected chi connectivity index (χ3v) is 1.65. The number of carbonyl (C=O) groups is 1. The van der Waals surface area contributed by atoms with E-state index in [9.17, 15) is 9.18 Å². The van der Waals surface area contributed by atoms with Gasteiger partial charge in [0.05, 0.1) is 5.56 Å². The van der Waals surface area contributed by atoms with Gasteiger partial charge in [0, 0.05) is 4.47 Å². The first-order chi connectivity index (χ1) is 6.52. The van der Waals surface area contributed by atoms with Crippen LogP contribution < -0.4 is 5.32 Å². The Bertz CT molecular complexity index is 318. The fourth-order valence-electron chi connectivity index (χ4n) is 0.663. The Morgan fingerprint density at radius 2 is 2.00 bits per heavy atom. The van der Waals surface area contributed by atoms with Crippen molar-refractivity contribution >= 4 is 21.9 Å². The molecule has 1 aromatic carbocycles. The molecule has 0 spiro atoms. The summed E-state index contributed by atoms with van der Waals surface area (Å²) in [4.78, 5) is 10.3. The third-order valence-electron chi connectivity index (χ3n) is 1.16. The van der Waals surface area contributed by atoms with Crippen LogP contribution in [0.1, 0.15) is 10.4 Å². The topological polar surface area (TPSA) is 49.3 Å². The normalized spacial score (nSPS) is 8.86. The van der Waals surface area contributed by atoms with E-state index in [4.69, 9.17) is 5.11 Å². The van der Waals surface area contributed by atoms with Crippen molar-refractivity contribution in [1.29, 1.82) is 0 Å². The molecule has 0 amide bonds. The number of carboxylic acid groups (broad SMARTS) is 1. The second-order valence-corrected chi connectivity index (χ2v) is 3.34. The van der Waals surface area contributed by atoms with Crippen LogP contribution in [0.3, 0.4) is 0 Å². The number of halogens is 2. The number of aromatic carboxylic acids is 1. The first-order valence-corrected chi connectivity index (χ1v) is 4.59. The Morgan fingerprint density at radius 3 is 2.36 bits per heavy atom. The molecule has 3 nitrogen and oxygen atoms in total. The molecular weight excluding hydrogens is 253 g/mol. The van der Waals surface area contributed by atoms with Gasteiger partial charge in [-0.25, -0.2) is 9.18 Å². The molecule has 2 N–H and O–H groups in total. The maximum atomic E-state index is 12.7. The molecule has 0 unspecified atom stereocenters. The molecule has 78 valence electrons. The van der Waals surface area contributed by atoms with Crippen LogP contribution in [0.2, 0.25) is 0 Å². The summed E-state index contributed by atoms with van der Waals surface area (Å²) in [6, 6.07) is 3.80. The molecule has 0 radical (unpaired) electrons. The largest absolute Gasteiger partial charge is 0.478 e. The van der Waals surface area contributed by atoms with Gasteiger partial charge in [0.15, 0.2) is 0 Å². The summed E-state index contributed by atoms with van der Waals surface area (Å²) in [6.07, 6.45) is 0. The zero-order chi connectivity index (χ0) is 11.1. The first-order valence-electron chi connectivity index (χ1n) is 3.79. The van der Waals surface area contributed by atoms with E-state index in [0.29, 0.717) is 4.47 Å². The van der Waals surface area contributed by atoms with Crippen molar-refractivity contribution in [3.63, 3.8) is 0 Å². The van der Waals surface area contributed by atoms with Gasteiger partial charge in [-0.3, -0.25) is 0 Å². The molecule has 0 aliphatic carbocycles. The van der Waals surface area contributed by atoms with E-state index >= 15 is 0 Å². The van der Waals surface area contributed by atoms with Crippen LogP contribution in [0, 0.1) is 5.82 Å². The summed E-state index contributed by atoms with van der Waals surface area (Å²) in [6.45, 7) is 0. The quantitative estimate of drug-likeness (QED) is 0.816. The number of carboxylic acids is 1. The number of hydrogen-bond donors (Lipinski definition) is 2. The van der Waals surface area contributed by atoms with Crippen LogP contribution in [-0.2, 0) is 0 Å². The standard InChI is InChI=1S/C7H4BrFO2.C2H7N/c8-4-1-2-5(7(10)11)6(9)3-4;1-3-2/h1-3H,(H,10,11);3H,1-2H3. The number of nitrogens with one attached hydrogen (secondary N) is 1. The zero-order valence-electron chi connectivity index (χ0n) is 7.84. The Labute approximate surface area is 90.1 Å². The van der Waals surface area contributed by atoms with Gasteiger partial charge in [-0.1, -0.05) is 15.9 Å². The van der Waals surface area contributed by atoms with E-state index < -0.39 is 11.8 Å². The van der Waals surface area contributed by atoms with E-state index in [0.717, 1.165) is 6.07 Å². The number of hydrogen-bond acceptors (Lipinski definition) is 2. The summed E-state index contributed by atoms with van der Waals surface area (Å²) < 4.78 is 13.2. The molecule has 0 saturated carbocycles. The van der Waals surface area contributed by atoms with Crippen LogP contribution in [-0.4, -0.2) is 25.2 Å². The lowest BCUT2D eigenvalue weighted by Gasteiger charge is -1.95. The van der Waals surface area contributed by atoms with Crippen LogP contribution in [0.4, 0.5) is 4.39 Å².